The first kappa shape index (κ1) is 19.0. The predicted octanol–water partition coefficient (Wildman–Crippen LogP) is 3.66. The molecule has 2 aromatic carbocycles. The van der Waals surface area contributed by atoms with Gasteiger partial charge in [0.05, 0.1) is 5.02 Å². The summed E-state index contributed by atoms with van der Waals surface area (Å²) in [6, 6.07) is 14.6. The van der Waals surface area contributed by atoms with Crippen LogP contribution in [0.25, 0.3) is 0 Å². The summed E-state index contributed by atoms with van der Waals surface area (Å²) >= 11 is 6.29. The van der Waals surface area contributed by atoms with Crippen LogP contribution in [0.5, 0.6) is 5.75 Å². The molecule has 0 radical (unpaired) electrons. The van der Waals surface area contributed by atoms with E-state index in [2.05, 4.69) is 10.6 Å². The van der Waals surface area contributed by atoms with Crippen LogP contribution in [0.15, 0.2) is 48.5 Å². The van der Waals surface area contributed by atoms with E-state index in [0.717, 1.165) is 5.56 Å². The summed E-state index contributed by atoms with van der Waals surface area (Å²) < 4.78 is 5.74. The van der Waals surface area contributed by atoms with Gasteiger partial charge in [-0.2, -0.15) is 0 Å². The summed E-state index contributed by atoms with van der Waals surface area (Å²) in [5, 5.41) is 6.04. The highest BCUT2D eigenvalue weighted by atomic mass is 35.5. The fourth-order valence-corrected chi connectivity index (χ4v) is 3.07. The van der Waals surface area contributed by atoms with E-state index >= 15 is 0 Å². The third-order valence-electron chi connectivity index (χ3n) is 4.39. The normalized spacial score (nSPS) is 17.0. The number of nitrogens with zero attached hydrogens (tertiary/aromatic N) is 1. The predicted molar refractivity (Wildman–Crippen MR) is 105 cm³/mol. The number of carbonyl (C=O) groups is 2. The van der Waals surface area contributed by atoms with E-state index in [0.29, 0.717) is 42.6 Å². The van der Waals surface area contributed by atoms with Gasteiger partial charge >= 0.3 is 6.03 Å². The first-order valence-electron chi connectivity index (χ1n) is 8.83. The van der Waals surface area contributed by atoms with E-state index < -0.39 is 0 Å². The maximum atomic E-state index is 12.5. The molecule has 2 N–H and O–H groups in total. The minimum atomic E-state index is -0.256. The second-order valence-electron chi connectivity index (χ2n) is 6.45. The third-order valence-corrected chi connectivity index (χ3v) is 4.68. The lowest BCUT2D eigenvalue weighted by Gasteiger charge is -2.26. The molecule has 7 heteroatoms. The molecule has 1 fully saturated rings. The molecule has 0 unspecified atom stereocenters. The largest absolute Gasteiger partial charge is 0.487 e. The fraction of sp³-hybridized carbons (Fsp3) is 0.300. The first-order chi connectivity index (χ1) is 13.0. The Morgan fingerprint density at radius 2 is 2.07 bits per heavy atom. The van der Waals surface area contributed by atoms with Gasteiger partial charge in [0.2, 0.25) is 5.91 Å². The Hall–Kier alpha value is -2.73. The lowest BCUT2D eigenvalue weighted by Crippen LogP contribution is -2.44. The second kappa shape index (κ2) is 8.77. The molecule has 3 rings (SSSR count). The van der Waals surface area contributed by atoms with Gasteiger partial charge in [-0.25, -0.2) is 4.79 Å². The quantitative estimate of drug-likeness (QED) is 0.841. The van der Waals surface area contributed by atoms with Gasteiger partial charge in [0, 0.05) is 31.2 Å². The maximum absolute atomic E-state index is 12.5. The highest BCUT2D eigenvalue weighted by Crippen LogP contribution is 2.28. The van der Waals surface area contributed by atoms with Gasteiger partial charge in [-0.3, -0.25) is 4.79 Å². The summed E-state index contributed by atoms with van der Waals surface area (Å²) in [7, 11) is 0. The summed E-state index contributed by atoms with van der Waals surface area (Å²) in [5.41, 5.74) is 1.62. The molecular formula is C20H22ClN3O3. The molecule has 1 aliphatic rings. The van der Waals surface area contributed by atoms with Crippen LogP contribution in [0, 0.1) is 0 Å². The zero-order valence-electron chi connectivity index (χ0n) is 15.1. The number of nitrogens with one attached hydrogen (secondary N) is 2. The Bertz CT molecular complexity index is 813. The zero-order valence-corrected chi connectivity index (χ0v) is 15.8. The number of hydrogen-bond acceptors (Lipinski definition) is 3. The zero-order chi connectivity index (χ0) is 19.2. The molecule has 0 bridgehead atoms. The molecule has 0 aromatic heterocycles. The minimum absolute atomic E-state index is 0.0416. The molecule has 0 aliphatic carbocycles. The number of halogens is 1. The van der Waals surface area contributed by atoms with Gasteiger partial charge in [0.15, 0.2) is 0 Å². The summed E-state index contributed by atoms with van der Waals surface area (Å²) in [6.07, 6.45) is 0.296. The summed E-state index contributed by atoms with van der Waals surface area (Å²) in [4.78, 5) is 25.7. The Labute approximate surface area is 163 Å². The van der Waals surface area contributed by atoms with Crippen LogP contribution in [0.2, 0.25) is 5.02 Å². The highest BCUT2D eigenvalue weighted by Gasteiger charge is 2.24. The van der Waals surface area contributed by atoms with Crippen molar-refractivity contribution >= 4 is 29.2 Å². The van der Waals surface area contributed by atoms with Gasteiger partial charge < -0.3 is 20.3 Å². The van der Waals surface area contributed by atoms with Crippen molar-refractivity contribution in [1.29, 1.82) is 0 Å². The third kappa shape index (κ3) is 5.14. The Kier molecular flexibility index (Phi) is 6.19. The average Bonchev–Trinajstić information content (AvgIpc) is 2.83. The number of urea groups is 1. The van der Waals surface area contributed by atoms with Gasteiger partial charge in [-0.15, -0.1) is 0 Å². The molecule has 0 saturated carbocycles. The Morgan fingerprint density at radius 3 is 2.81 bits per heavy atom. The molecular weight excluding hydrogens is 366 g/mol. The van der Waals surface area contributed by atoms with Crippen molar-refractivity contribution in [2.45, 2.75) is 26.0 Å². The van der Waals surface area contributed by atoms with E-state index in [1.54, 1.807) is 23.1 Å². The van der Waals surface area contributed by atoms with Crippen LogP contribution >= 0.6 is 11.6 Å². The minimum Gasteiger partial charge on any atom is -0.487 e. The van der Waals surface area contributed by atoms with Crippen LogP contribution in [0.4, 0.5) is 10.5 Å². The lowest BCUT2D eigenvalue weighted by molar-refractivity contribution is -0.120. The van der Waals surface area contributed by atoms with Crippen molar-refractivity contribution in [3.05, 3.63) is 59.1 Å². The Balaban J connectivity index is 1.61. The number of hydrogen-bond donors (Lipinski definition) is 2. The standard InChI is InChI=1S/C20H22ClN3O3/c1-14-12-22-19(25)9-10-24(14)20(26)23-16-7-8-18(17(21)11-16)27-13-15-5-3-2-4-6-15/h2-8,11,14H,9-10,12-13H2,1H3,(H,22,25)(H,23,26)/t14-/m1/s1. The topological polar surface area (TPSA) is 70.7 Å². The molecule has 1 saturated heterocycles. The first-order valence-corrected chi connectivity index (χ1v) is 9.21. The number of rotatable bonds is 4. The van der Waals surface area contributed by atoms with Gasteiger partial charge in [-0.05, 0) is 30.7 Å². The monoisotopic (exact) mass is 387 g/mol. The van der Waals surface area contributed by atoms with Crippen molar-refractivity contribution in [2.75, 3.05) is 18.4 Å². The second-order valence-corrected chi connectivity index (χ2v) is 6.85. The smallest absolute Gasteiger partial charge is 0.322 e. The molecule has 1 heterocycles. The van der Waals surface area contributed by atoms with E-state index in [1.807, 2.05) is 37.3 Å². The van der Waals surface area contributed by atoms with E-state index in [1.165, 1.54) is 0 Å². The van der Waals surface area contributed by atoms with E-state index in [-0.39, 0.29) is 18.0 Å². The van der Waals surface area contributed by atoms with Crippen LogP contribution in [-0.4, -0.2) is 36.0 Å². The van der Waals surface area contributed by atoms with E-state index in [9.17, 15) is 9.59 Å². The van der Waals surface area contributed by atoms with Crippen LogP contribution in [0.1, 0.15) is 18.9 Å². The molecule has 2 aromatic rings. The molecule has 142 valence electrons. The molecule has 3 amide bonds. The number of benzene rings is 2. The fourth-order valence-electron chi connectivity index (χ4n) is 2.83. The summed E-state index contributed by atoms with van der Waals surface area (Å²) in [5.74, 6) is 0.511. The molecule has 6 nitrogen and oxygen atoms in total. The van der Waals surface area contributed by atoms with Crippen LogP contribution < -0.4 is 15.4 Å². The molecule has 27 heavy (non-hydrogen) atoms. The van der Waals surface area contributed by atoms with Crippen molar-refractivity contribution in [3.63, 3.8) is 0 Å². The average molecular weight is 388 g/mol. The van der Waals surface area contributed by atoms with Gasteiger partial charge in [0.25, 0.3) is 0 Å². The van der Waals surface area contributed by atoms with Crippen molar-refractivity contribution in [2.24, 2.45) is 0 Å². The number of carbonyl (C=O) groups excluding carboxylic acids is 2. The molecule has 1 aliphatic heterocycles. The van der Waals surface area contributed by atoms with Gasteiger partial charge in [-0.1, -0.05) is 41.9 Å². The Morgan fingerprint density at radius 1 is 1.30 bits per heavy atom. The summed E-state index contributed by atoms with van der Waals surface area (Å²) in [6.45, 7) is 3.14. The number of anilines is 1. The van der Waals surface area contributed by atoms with E-state index in [4.69, 9.17) is 16.3 Å². The number of amides is 3. The van der Waals surface area contributed by atoms with Crippen LogP contribution in [0.3, 0.4) is 0 Å². The van der Waals surface area contributed by atoms with Crippen molar-refractivity contribution in [1.82, 2.24) is 10.2 Å². The lowest BCUT2D eigenvalue weighted by atomic mass is 10.2. The molecule has 0 spiro atoms. The van der Waals surface area contributed by atoms with Crippen molar-refractivity contribution in [3.8, 4) is 5.75 Å². The SMILES string of the molecule is C[C@@H]1CNC(=O)CCN1C(=O)Nc1ccc(OCc2ccccc2)c(Cl)c1. The van der Waals surface area contributed by atoms with Gasteiger partial charge in [0.1, 0.15) is 12.4 Å². The molecule has 1 atom stereocenters. The number of ether oxygens (including phenoxy) is 1. The maximum Gasteiger partial charge on any atom is 0.322 e. The van der Waals surface area contributed by atoms with Crippen LogP contribution in [-0.2, 0) is 11.4 Å². The van der Waals surface area contributed by atoms with Crippen molar-refractivity contribution < 1.29 is 14.3 Å². The highest BCUT2D eigenvalue weighted by molar-refractivity contribution is 6.32.